The molecule has 0 spiro atoms. The fourth-order valence-electron chi connectivity index (χ4n) is 1.11. The molecule has 0 fully saturated rings. The van der Waals surface area contributed by atoms with Crippen molar-refractivity contribution in [2.45, 2.75) is 26.3 Å². The molecule has 0 atom stereocenters. The van der Waals surface area contributed by atoms with Crippen LogP contribution in [0, 0.1) is 0 Å². The Morgan fingerprint density at radius 3 is 2.80 bits per heavy atom. The highest BCUT2D eigenvalue weighted by Crippen LogP contribution is 2.17. The van der Waals surface area contributed by atoms with Crippen molar-refractivity contribution in [2.75, 3.05) is 14.1 Å². The summed E-state index contributed by atoms with van der Waals surface area (Å²) in [6.45, 7) is 5.03. The molecule has 1 heterocycles. The maximum atomic E-state index is 4.52. The molecule has 0 saturated heterocycles. The highest BCUT2D eigenvalue weighted by atomic mass is 32.1. The summed E-state index contributed by atoms with van der Waals surface area (Å²) in [5.74, 6) is 1.29. The Bertz CT molecular complexity index is 330. The third-order valence-electron chi connectivity index (χ3n) is 2.03. The second kappa shape index (κ2) is 5.70. The van der Waals surface area contributed by atoms with Gasteiger partial charge in [0.1, 0.15) is 5.01 Å². The van der Waals surface area contributed by atoms with Crippen LogP contribution in [0.25, 0.3) is 0 Å². The molecule has 2 N–H and O–H groups in total. The molecule has 0 aromatic carbocycles. The standard InChI is InChI=1S/C10H18N4S/c1-7(2)8-6-15-9(14-8)5-13-10(11-3)12-4/h6-7H,5H2,1-4H3,(H2,11,12,13). The molecule has 4 nitrogen and oxygen atoms in total. The second-order valence-corrected chi connectivity index (χ2v) is 4.44. The Labute approximate surface area is 94.8 Å². The van der Waals surface area contributed by atoms with E-state index in [0.717, 1.165) is 23.2 Å². The van der Waals surface area contributed by atoms with E-state index >= 15 is 0 Å². The van der Waals surface area contributed by atoms with Crippen LogP contribution in [-0.2, 0) is 6.54 Å². The number of rotatable bonds is 3. The van der Waals surface area contributed by atoms with Gasteiger partial charge in [-0.3, -0.25) is 4.99 Å². The predicted octanol–water partition coefficient (Wildman–Crippen LogP) is 1.56. The van der Waals surface area contributed by atoms with Gasteiger partial charge < -0.3 is 10.6 Å². The molecule has 0 amide bonds. The number of guanidine groups is 1. The van der Waals surface area contributed by atoms with Gasteiger partial charge >= 0.3 is 0 Å². The van der Waals surface area contributed by atoms with Crippen LogP contribution in [0.15, 0.2) is 10.4 Å². The third kappa shape index (κ3) is 3.51. The van der Waals surface area contributed by atoms with Crippen LogP contribution >= 0.6 is 11.3 Å². The molecule has 0 aliphatic carbocycles. The average Bonchev–Trinajstić information content (AvgIpc) is 2.68. The first-order chi connectivity index (χ1) is 7.17. The molecule has 0 aliphatic rings. The van der Waals surface area contributed by atoms with Crippen molar-refractivity contribution < 1.29 is 0 Å². The van der Waals surface area contributed by atoms with Crippen LogP contribution in [0.4, 0.5) is 0 Å². The van der Waals surface area contributed by atoms with Gasteiger partial charge in [-0.1, -0.05) is 13.8 Å². The van der Waals surface area contributed by atoms with Crippen LogP contribution in [-0.4, -0.2) is 25.0 Å². The van der Waals surface area contributed by atoms with Gasteiger partial charge in [0.15, 0.2) is 5.96 Å². The number of thiazole rings is 1. The predicted molar refractivity (Wildman–Crippen MR) is 65.5 cm³/mol. The van der Waals surface area contributed by atoms with Gasteiger partial charge in [0.05, 0.1) is 12.2 Å². The summed E-state index contributed by atoms with van der Waals surface area (Å²) in [5.41, 5.74) is 1.16. The molecule has 0 bridgehead atoms. The van der Waals surface area contributed by atoms with Crippen molar-refractivity contribution >= 4 is 17.3 Å². The molecule has 0 aliphatic heterocycles. The largest absolute Gasteiger partial charge is 0.359 e. The summed E-state index contributed by atoms with van der Waals surface area (Å²) in [6.07, 6.45) is 0. The first kappa shape index (κ1) is 12.0. The van der Waals surface area contributed by atoms with E-state index in [1.54, 1.807) is 18.4 Å². The van der Waals surface area contributed by atoms with Crippen LogP contribution in [0.2, 0.25) is 0 Å². The van der Waals surface area contributed by atoms with E-state index in [4.69, 9.17) is 0 Å². The van der Waals surface area contributed by atoms with Crippen molar-refractivity contribution in [1.82, 2.24) is 15.6 Å². The summed E-state index contributed by atoms with van der Waals surface area (Å²) in [4.78, 5) is 8.56. The van der Waals surface area contributed by atoms with E-state index < -0.39 is 0 Å². The van der Waals surface area contributed by atoms with Crippen molar-refractivity contribution in [1.29, 1.82) is 0 Å². The van der Waals surface area contributed by atoms with E-state index in [9.17, 15) is 0 Å². The van der Waals surface area contributed by atoms with Gasteiger partial charge in [0.2, 0.25) is 0 Å². The minimum absolute atomic E-state index is 0.499. The summed E-state index contributed by atoms with van der Waals surface area (Å²) in [7, 11) is 3.59. The smallest absolute Gasteiger partial charge is 0.191 e. The second-order valence-electron chi connectivity index (χ2n) is 3.50. The molecular formula is C10H18N4S. The third-order valence-corrected chi connectivity index (χ3v) is 2.90. The van der Waals surface area contributed by atoms with E-state index in [2.05, 4.69) is 39.8 Å². The van der Waals surface area contributed by atoms with Crippen molar-refractivity contribution in [3.8, 4) is 0 Å². The summed E-state index contributed by atoms with van der Waals surface area (Å²) < 4.78 is 0. The Hall–Kier alpha value is -1.10. The number of aliphatic imine (C=N–C) groups is 1. The Balaban J connectivity index is 2.51. The molecule has 5 heteroatoms. The lowest BCUT2D eigenvalue weighted by Gasteiger charge is -2.05. The Morgan fingerprint density at radius 2 is 2.33 bits per heavy atom. The maximum absolute atomic E-state index is 4.52. The summed E-state index contributed by atoms with van der Waals surface area (Å²) in [6, 6.07) is 0. The van der Waals surface area contributed by atoms with Gasteiger partial charge in [0.25, 0.3) is 0 Å². The van der Waals surface area contributed by atoms with E-state index in [0.29, 0.717) is 5.92 Å². The Morgan fingerprint density at radius 1 is 1.60 bits per heavy atom. The highest BCUT2D eigenvalue weighted by molar-refractivity contribution is 7.09. The van der Waals surface area contributed by atoms with Crippen molar-refractivity contribution in [2.24, 2.45) is 4.99 Å². The fraction of sp³-hybridized carbons (Fsp3) is 0.600. The molecule has 1 aromatic heterocycles. The molecule has 0 unspecified atom stereocenters. The van der Waals surface area contributed by atoms with Gasteiger partial charge in [0, 0.05) is 19.5 Å². The molecule has 15 heavy (non-hydrogen) atoms. The van der Waals surface area contributed by atoms with Gasteiger partial charge in [-0.25, -0.2) is 4.98 Å². The number of hydrogen-bond acceptors (Lipinski definition) is 3. The van der Waals surface area contributed by atoms with E-state index in [1.165, 1.54) is 0 Å². The van der Waals surface area contributed by atoms with Gasteiger partial charge in [-0.15, -0.1) is 11.3 Å². The number of hydrogen-bond donors (Lipinski definition) is 2. The molecule has 0 radical (unpaired) electrons. The van der Waals surface area contributed by atoms with Crippen LogP contribution < -0.4 is 10.6 Å². The molecular weight excluding hydrogens is 208 g/mol. The fourth-order valence-corrected chi connectivity index (χ4v) is 2.01. The van der Waals surface area contributed by atoms with Crippen LogP contribution in [0.3, 0.4) is 0 Å². The number of nitrogens with one attached hydrogen (secondary N) is 2. The average molecular weight is 226 g/mol. The zero-order chi connectivity index (χ0) is 11.3. The molecule has 84 valence electrons. The zero-order valence-electron chi connectivity index (χ0n) is 9.66. The van der Waals surface area contributed by atoms with Gasteiger partial charge in [-0.05, 0) is 5.92 Å². The topological polar surface area (TPSA) is 49.3 Å². The van der Waals surface area contributed by atoms with E-state index in [-0.39, 0.29) is 0 Å². The number of nitrogens with zero attached hydrogens (tertiary/aromatic N) is 2. The normalized spacial score (nSPS) is 11.9. The lowest BCUT2D eigenvalue weighted by molar-refractivity contribution is 0.802. The highest BCUT2D eigenvalue weighted by Gasteiger charge is 2.05. The minimum Gasteiger partial charge on any atom is -0.359 e. The minimum atomic E-state index is 0.499. The molecule has 1 aromatic rings. The maximum Gasteiger partial charge on any atom is 0.191 e. The Kier molecular flexibility index (Phi) is 4.55. The summed E-state index contributed by atoms with van der Waals surface area (Å²) >= 11 is 1.68. The van der Waals surface area contributed by atoms with Gasteiger partial charge in [-0.2, -0.15) is 0 Å². The van der Waals surface area contributed by atoms with E-state index in [1.807, 2.05) is 7.05 Å². The van der Waals surface area contributed by atoms with Crippen molar-refractivity contribution in [3.05, 3.63) is 16.1 Å². The quantitative estimate of drug-likeness (QED) is 0.607. The van der Waals surface area contributed by atoms with Crippen molar-refractivity contribution in [3.63, 3.8) is 0 Å². The number of aromatic nitrogens is 1. The zero-order valence-corrected chi connectivity index (χ0v) is 10.5. The SMILES string of the molecule is CN=C(NC)NCc1nc(C(C)C)cs1. The van der Waals surface area contributed by atoms with Crippen LogP contribution in [0.1, 0.15) is 30.5 Å². The molecule has 1 rings (SSSR count). The molecule has 0 saturated carbocycles. The first-order valence-corrected chi connectivity index (χ1v) is 5.88. The summed E-state index contributed by atoms with van der Waals surface area (Å²) in [5, 5.41) is 9.35. The monoisotopic (exact) mass is 226 g/mol. The lowest BCUT2D eigenvalue weighted by Crippen LogP contribution is -2.34. The lowest BCUT2D eigenvalue weighted by atomic mass is 10.2. The first-order valence-electron chi connectivity index (χ1n) is 5.00. The van der Waals surface area contributed by atoms with Crippen LogP contribution in [0.5, 0.6) is 0 Å².